The van der Waals surface area contributed by atoms with E-state index in [9.17, 15) is 4.79 Å². The van der Waals surface area contributed by atoms with E-state index in [1.54, 1.807) is 23.0 Å². The number of carbonyl (C=O) groups is 1. The molecule has 1 amide bonds. The Morgan fingerprint density at radius 2 is 1.77 bits per heavy atom. The summed E-state index contributed by atoms with van der Waals surface area (Å²) < 4.78 is 1.80. The molecule has 4 nitrogen and oxygen atoms in total. The average Bonchev–Trinajstić information content (AvgIpc) is 3.42. The van der Waals surface area contributed by atoms with Gasteiger partial charge in [0.05, 0.1) is 17.9 Å². The maximum atomic E-state index is 12.4. The highest BCUT2D eigenvalue weighted by Crippen LogP contribution is 2.40. The van der Waals surface area contributed by atoms with E-state index < -0.39 is 0 Å². The molecule has 26 heavy (non-hydrogen) atoms. The Morgan fingerprint density at radius 1 is 1.08 bits per heavy atom. The first-order valence-corrected chi connectivity index (χ1v) is 8.93. The Morgan fingerprint density at radius 3 is 2.46 bits per heavy atom. The van der Waals surface area contributed by atoms with E-state index >= 15 is 0 Å². The Hall–Kier alpha value is -3.14. The first-order chi connectivity index (χ1) is 12.8. The zero-order valence-electron chi connectivity index (χ0n) is 14.5. The molecule has 0 bridgehead atoms. The highest BCUT2D eigenvalue weighted by molar-refractivity contribution is 5.92. The van der Waals surface area contributed by atoms with Crippen LogP contribution in [0.15, 0.2) is 79.1 Å². The monoisotopic (exact) mass is 343 g/mol. The topological polar surface area (TPSA) is 46.9 Å². The molecule has 1 aliphatic carbocycles. The number of carbonyl (C=O) groups excluding carboxylic acids is 1. The van der Waals surface area contributed by atoms with Crippen molar-refractivity contribution in [2.45, 2.75) is 18.9 Å². The van der Waals surface area contributed by atoms with Gasteiger partial charge in [-0.15, -0.1) is 0 Å². The molecule has 0 radical (unpaired) electrons. The molecule has 1 aliphatic rings. The van der Waals surface area contributed by atoms with Crippen LogP contribution in [-0.4, -0.2) is 15.7 Å². The van der Waals surface area contributed by atoms with Gasteiger partial charge >= 0.3 is 0 Å². The lowest BCUT2D eigenvalue weighted by Crippen LogP contribution is -2.28. The van der Waals surface area contributed by atoms with Crippen LogP contribution in [0.2, 0.25) is 0 Å². The van der Waals surface area contributed by atoms with E-state index in [1.807, 2.05) is 54.7 Å². The van der Waals surface area contributed by atoms with Gasteiger partial charge in [-0.3, -0.25) is 4.79 Å². The van der Waals surface area contributed by atoms with E-state index in [1.165, 1.54) is 18.4 Å². The molecule has 3 aromatic rings. The van der Waals surface area contributed by atoms with E-state index in [0.717, 1.165) is 11.3 Å². The van der Waals surface area contributed by atoms with E-state index in [2.05, 4.69) is 22.5 Å². The normalized spacial score (nSPS) is 15.1. The molecular formula is C22H21N3O. The fourth-order valence-electron chi connectivity index (χ4n) is 3.08. The second-order valence-corrected chi connectivity index (χ2v) is 6.62. The van der Waals surface area contributed by atoms with Crippen molar-refractivity contribution >= 4 is 12.0 Å². The standard InChI is InChI=1S/C22H21N3O/c26-21(24-22(19-12-13-19)18-7-3-1-4-8-18)14-11-17-15-23-25(16-17)20-9-5-2-6-10-20/h1-11,14-16,19,22H,12-13H2,(H,24,26)/b14-11+. The third-order valence-electron chi connectivity index (χ3n) is 4.60. The van der Waals surface area contributed by atoms with Gasteiger partial charge in [-0.1, -0.05) is 48.5 Å². The maximum absolute atomic E-state index is 12.4. The third kappa shape index (κ3) is 3.91. The van der Waals surface area contributed by atoms with Gasteiger partial charge in [0.2, 0.25) is 5.91 Å². The molecule has 0 aliphatic heterocycles. The smallest absolute Gasteiger partial charge is 0.244 e. The highest BCUT2D eigenvalue weighted by Gasteiger charge is 2.32. The van der Waals surface area contributed by atoms with Gasteiger partial charge in [-0.25, -0.2) is 4.68 Å². The van der Waals surface area contributed by atoms with E-state index in [-0.39, 0.29) is 11.9 Å². The predicted molar refractivity (Wildman–Crippen MR) is 103 cm³/mol. The lowest BCUT2D eigenvalue weighted by atomic mass is 10.0. The first kappa shape index (κ1) is 16.3. The van der Waals surface area contributed by atoms with Crippen molar-refractivity contribution in [3.05, 3.63) is 90.3 Å². The number of aromatic nitrogens is 2. The van der Waals surface area contributed by atoms with Crippen LogP contribution >= 0.6 is 0 Å². The fourth-order valence-corrected chi connectivity index (χ4v) is 3.08. The summed E-state index contributed by atoms with van der Waals surface area (Å²) in [7, 11) is 0. The van der Waals surface area contributed by atoms with Crippen LogP contribution in [-0.2, 0) is 4.79 Å². The largest absolute Gasteiger partial charge is 0.345 e. The molecular weight excluding hydrogens is 322 g/mol. The lowest BCUT2D eigenvalue weighted by molar-refractivity contribution is -0.117. The fraction of sp³-hybridized carbons (Fsp3) is 0.182. The summed E-state index contributed by atoms with van der Waals surface area (Å²) in [5.41, 5.74) is 3.06. The number of rotatable bonds is 6. The molecule has 1 unspecified atom stereocenters. The average molecular weight is 343 g/mol. The molecule has 1 fully saturated rings. The quantitative estimate of drug-likeness (QED) is 0.683. The van der Waals surface area contributed by atoms with Crippen molar-refractivity contribution in [2.75, 3.05) is 0 Å². The SMILES string of the molecule is O=C(/C=C/c1cnn(-c2ccccc2)c1)NC(c1ccccc1)C1CC1. The maximum Gasteiger partial charge on any atom is 0.244 e. The molecule has 4 heteroatoms. The second kappa shape index (κ2) is 7.40. The highest BCUT2D eigenvalue weighted by atomic mass is 16.1. The number of hydrogen-bond acceptors (Lipinski definition) is 2. The second-order valence-electron chi connectivity index (χ2n) is 6.62. The molecule has 130 valence electrons. The number of para-hydroxylation sites is 1. The van der Waals surface area contributed by atoms with Gasteiger partial charge < -0.3 is 5.32 Å². The summed E-state index contributed by atoms with van der Waals surface area (Å²) in [6.45, 7) is 0. The van der Waals surface area contributed by atoms with Crippen LogP contribution in [0.4, 0.5) is 0 Å². The van der Waals surface area contributed by atoms with Gasteiger partial charge in [0.15, 0.2) is 0 Å². The third-order valence-corrected chi connectivity index (χ3v) is 4.60. The molecule has 1 aromatic heterocycles. The van der Waals surface area contributed by atoms with E-state index in [0.29, 0.717) is 5.92 Å². The molecule has 1 saturated carbocycles. The Kier molecular flexibility index (Phi) is 4.65. The number of nitrogens with zero attached hydrogens (tertiary/aromatic N) is 2. The molecule has 1 heterocycles. The van der Waals surface area contributed by atoms with Gasteiger partial charge in [0.1, 0.15) is 0 Å². The summed E-state index contributed by atoms with van der Waals surface area (Å²) in [6, 6.07) is 20.2. The van der Waals surface area contributed by atoms with Crippen molar-refractivity contribution in [2.24, 2.45) is 5.92 Å². The number of nitrogens with one attached hydrogen (secondary N) is 1. The minimum absolute atomic E-state index is 0.0711. The van der Waals surface area contributed by atoms with Crippen molar-refractivity contribution < 1.29 is 4.79 Å². The molecule has 0 saturated heterocycles. The Bertz CT molecular complexity index is 895. The molecule has 1 atom stereocenters. The van der Waals surface area contributed by atoms with Crippen molar-refractivity contribution in [1.29, 1.82) is 0 Å². The summed E-state index contributed by atoms with van der Waals surface area (Å²) in [4.78, 5) is 12.4. The molecule has 0 spiro atoms. The van der Waals surface area contributed by atoms with Gasteiger partial charge in [-0.2, -0.15) is 5.10 Å². The van der Waals surface area contributed by atoms with Crippen LogP contribution < -0.4 is 5.32 Å². The molecule has 2 aromatic carbocycles. The zero-order chi connectivity index (χ0) is 17.8. The number of amides is 1. The van der Waals surface area contributed by atoms with Crippen LogP contribution in [0, 0.1) is 5.92 Å². The van der Waals surface area contributed by atoms with Crippen molar-refractivity contribution in [3.8, 4) is 5.69 Å². The molecule has 1 N–H and O–H groups in total. The van der Waals surface area contributed by atoms with Crippen LogP contribution in [0.5, 0.6) is 0 Å². The zero-order valence-corrected chi connectivity index (χ0v) is 14.5. The van der Waals surface area contributed by atoms with Gasteiger partial charge in [-0.05, 0) is 42.5 Å². The summed E-state index contributed by atoms with van der Waals surface area (Å²) >= 11 is 0. The van der Waals surface area contributed by atoms with Crippen LogP contribution in [0.1, 0.15) is 30.0 Å². The van der Waals surface area contributed by atoms with Gasteiger partial charge in [0.25, 0.3) is 0 Å². The predicted octanol–water partition coefficient (Wildman–Crippen LogP) is 4.15. The minimum atomic E-state index is -0.0711. The summed E-state index contributed by atoms with van der Waals surface area (Å²) in [6.07, 6.45) is 9.41. The lowest BCUT2D eigenvalue weighted by Gasteiger charge is -2.17. The Labute approximate surface area is 153 Å². The van der Waals surface area contributed by atoms with Crippen molar-refractivity contribution in [1.82, 2.24) is 15.1 Å². The van der Waals surface area contributed by atoms with Crippen LogP contribution in [0.25, 0.3) is 11.8 Å². The minimum Gasteiger partial charge on any atom is -0.345 e. The summed E-state index contributed by atoms with van der Waals surface area (Å²) in [5, 5.41) is 7.50. The number of hydrogen-bond donors (Lipinski definition) is 1. The summed E-state index contributed by atoms with van der Waals surface area (Å²) in [5.74, 6) is 0.480. The van der Waals surface area contributed by atoms with Crippen LogP contribution in [0.3, 0.4) is 0 Å². The molecule has 4 rings (SSSR count). The van der Waals surface area contributed by atoms with Crippen molar-refractivity contribution in [3.63, 3.8) is 0 Å². The number of benzene rings is 2. The van der Waals surface area contributed by atoms with E-state index in [4.69, 9.17) is 0 Å². The van der Waals surface area contributed by atoms with Gasteiger partial charge in [0, 0.05) is 17.8 Å². The Balaban J connectivity index is 1.42. The first-order valence-electron chi connectivity index (χ1n) is 8.93.